The van der Waals surface area contributed by atoms with Crippen molar-refractivity contribution in [1.29, 1.82) is 0 Å². The number of rotatable bonds is 4. The van der Waals surface area contributed by atoms with Gasteiger partial charge in [-0.1, -0.05) is 20.3 Å². The van der Waals surface area contributed by atoms with Gasteiger partial charge in [0.15, 0.2) is 0 Å². The zero-order valence-electron chi connectivity index (χ0n) is 8.67. The molecule has 1 rings (SSSR count). The van der Waals surface area contributed by atoms with Crippen molar-refractivity contribution in [2.24, 2.45) is 5.92 Å². The van der Waals surface area contributed by atoms with Crippen LogP contribution in [0.3, 0.4) is 0 Å². The van der Waals surface area contributed by atoms with Gasteiger partial charge < -0.3 is 5.32 Å². The van der Waals surface area contributed by atoms with Gasteiger partial charge in [0, 0.05) is 12.7 Å². The maximum absolute atomic E-state index is 4.09. The van der Waals surface area contributed by atoms with Crippen molar-refractivity contribution in [1.82, 2.24) is 4.98 Å². The smallest absolute Gasteiger partial charge is 0.0556 e. The highest BCUT2D eigenvalue weighted by Crippen LogP contribution is 2.12. The van der Waals surface area contributed by atoms with Gasteiger partial charge in [-0.05, 0) is 24.5 Å². The topological polar surface area (TPSA) is 24.9 Å². The monoisotopic (exact) mass is 178 g/mol. The maximum atomic E-state index is 4.09. The van der Waals surface area contributed by atoms with E-state index in [9.17, 15) is 0 Å². The van der Waals surface area contributed by atoms with E-state index in [4.69, 9.17) is 0 Å². The van der Waals surface area contributed by atoms with Gasteiger partial charge in [-0.3, -0.25) is 4.98 Å². The Morgan fingerprint density at radius 3 is 2.92 bits per heavy atom. The first-order valence-corrected chi connectivity index (χ1v) is 4.88. The van der Waals surface area contributed by atoms with Crippen molar-refractivity contribution in [3.05, 3.63) is 24.0 Å². The van der Waals surface area contributed by atoms with Crippen LogP contribution in [0.2, 0.25) is 0 Å². The first-order valence-electron chi connectivity index (χ1n) is 4.88. The molecule has 1 atom stereocenters. The second kappa shape index (κ2) is 4.85. The van der Waals surface area contributed by atoms with Crippen LogP contribution in [0, 0.1) is 12.8 Å². The fraction of sp³-hybridized carbons (Fsp3) is 0.545. The van der Waals surface area contributed by atoms with Gasteiger partial charge in [-0.25, -0.2) is 0 Å². The van der Waals surface area contributed by atoms with Gasteiger partial charge in [0.2, 0.25) is 0 Å². The van der Waals surface area contributed by atoms with E-state index >= 15 is 0 Å². The Kier molecular flexibility index (Phi) is 3.74. The largest absolute Gasteiger partial charge is 0.383 e. The van der Waals surface area contributed by atoms with E-state index in [-0.39, 0.29) is 0 Å². The molecule has 0 saturated heterocycles. The molecular weight excluding hydrogens is 160 g/mol. The highest BCUT2D eigenvalue weighted by atomic mass is 14.9. The van der Waals surface area contributed by atoms with Gasteiger partial charge in [0.1, 0.15) is 0 Å². The number of nitrogens with one attached hydrogen (secondary N) is 1. The molecular formula is C11H18N2. The van der Waals surface area contributed by atoms with Gasteiger partial charge in [-0.15, -0.1) is 0 Å². The lowest BCUT2D eigenvalue weighted by Gasteiger charge is -2.12. The summed E-state index contributed by atoms with van der Waals surface area (Å²) in [7, 11) is 0. The number of hydrogen-bond acceptors (Lipinski definition) is 2. The van der Waals surface area contributed by atoms with Crippen molar-refractivity contribution < 1.29 is 0 Å². The summed E-state index contributed by atoms with van der Waals surface area (Å²) in [6.45, 7) is 7.59. The molecule has 0 radical (unpaired) electrons. The number of hydrogen-bond donors (Lipinski definition) is 1. The Morgan fingerprint density at radius 2 is 2.31 bits per heavy atom. The Labute approximate surface area is 80.4 Å². The highest BCUT2D eigenvalue weighted by Gasteiger charge is 2.00. The molecule has 0 bridgehead atoms. The first-order chi connectivity index (χ1) is 6.24. The zero-order valence-corrected chi connectivity index (χ0v) is 8.67. The summed E-state index contributed by atoms with van der Waals surface area (Å²) in [4.78, 5) is 4.09. The number of pyridine rings is 1. The van der Waals surface area contributed by atoms with E-state index in [0.717, 1.165) is 18.2 Å². The summed E-state index contributed by atoms with van der Waals surface area (Å²) < 4.78 is 0. The summed E-state index contributed by atoms with van der Waals surface area (Å²) in [5.41, 5.74) is 2.42. The first kappa shape index (κ1) is 10.0. The molecule has 0 aliphatic heterocycles. The Morgan fingerprint density at radius 1 is 1.54 bits per heavy atom. The molecule has 1 aromatic heterocycles. The molecule has 0 fully saturated rings. The molecule has 1 N–H and O–H groups in total. The molecule has 1 aromatic rings. The minimum absolute atomic E-state index is 0.722. The third kappa shape index (κ3) is 3.05. The van der Waals surface area contributed by atoms with E-state index in [1.807, 2.05) is 18.5 Å². The van der Waals surface area contributed by atoms with Gasteiger partial charge in [0.05, 0.1) is 11.9 Å². The quantitative estimate of drug-likeness (QED) is 0.766. The minimum atomic E-state index is 0.722. The lowest BCUT2D eigenvalue weighted by atomic mass is 10.1. The molecule has 0 aromatic carbocycles. The van der Waals surface area contributed by atoms with Crippen LogP contribution < -0.4 is 5.32 Å². The Bertz CT molecular complexity index is 258. The molecule has 0 amide bonds. The van der Waals surface area contributed by atoms with E-state index in [2.05, 4.69) is 31.1 Å². The summed E-state index contributed by atoms with van der Waals surface area (Å²) >= 11 is 0. The zero-order chi connectivity index (χ0) is 9.68. The van der Waals surface area contributed by atoms with E-state index in [1.54, 1.807) is 0 Å². The van der Waals surface area contributed by atoms with Crippen molar-refractivity contribution in [2.75, 3.05) is 11.9 Å². The minimum Gasteiger partial charge on any atom is -0.383 e. The van der Waals surface area contributed by atoms with E-state index in [1.165, 1.54) is 12.0 Å². The van der Waals surface area contributed by atoms with Crippen LogP contribution in [0.15, 0.2) is 18.5 Å². The molecule has 1 heterocycles. The van der Waals surface area contributed by atoms with Crippen LogP contribution in [0.25, 0.3) is 0 Å². The van der Waals surface area contributed by atoms with Crippen LogP contribution in [-0.2, 0) is 0 Å². The van der Waals surface area contributed by atoms with Gasteiger partial charge in [-0.2, -0.15) is 0 Å². The summed E-state index contributed by atoms with van der Waals surface area (Å²) in [6.07, 6.45) is 4.92. The SMILES string of the molecule is CC[C@H](C)CNc1cnccc1C. The second-order valence-corrected chi connectivity index (χ2v) is 3.58. The van der Waals surface area contributed by atoms with Crippen LogP contribution in [0.1, 0.15) is 25.8 Å². The predicted octanol–water partition coefficient (Wildman–Crippen LogP) is 2.85. The fourth-order valence-corrected chi connectivity index (χ4v) is 1.08. The molecule has 0 aliphatic rings. The lowest BCUT2D eigenvalue weighted by molar-refractivity contribution is 0.593. The van der Waals surface area contributed by atoms with Crippen molar-refractivity contribution in [3.8, 4) is 0 Å². The fourth-order valence-electron chi connectivity index (χ4n) is 1.08. The summed E-state index contributed by atoms with van der Waals surface area (Å²) in [5, 5.41) is 3.40. The van der Waals surface area contributed by atoms with E-state index < -0.39 is 0 Å². The molecule has 0 saturated carbocycles. The van der Waals surface area contributed by atoms with Crippen molar-refractivity contribution in [3.63, 3.8) is 0 Å². The summed E-state index contributed by atoms with van der Waals surface area (Å²) in [5.74, 6) is 0.722. The summed E-state index contributed by atoms with van der Waals surface area (Å²) in [6, 6.07) is 2.03. The van der Waals surface area contributed by atoms with Crippen LogP contribution in [0.5, 0.6) is 0 Å². The third-order valence-corrected chi connectivity index (χ3v) is 2.38. The molecule has 2 nitrogen and oxygen atoms in total. The van der Waals surface area contributed by atoms with E-state index in [0.29, 0.717) is 0 Å². The molecule has 0 unspecified atom stereocenters. The second-order valence-electron chi connectivity index (χ2n) is 3.58. The average molecular weight is 178 g/mol. The van der Waals surface area contributed by atoms with Crippen molar-refractivity contribution >= 4 is 5.69 Å². The number of anilines is 1. The Hall–Kier alpha value is -1.05. The molecule has 0 spiro atoms. The number of nitrogens with zero attached hydrogens (tertiary/aromatic N) is 1. The average Bonchev–Trinajstić information content (AvgIpc) is 2.16. The molecule has 0 aliphatic carbocycles. The van der Waals surface area contributed by atoms with Crippen LogP contribution in [0.4, 0.5) is 5.69 Å². The van der Waals surface area contributed by atoms with Crippen LogP contribution in [-0.4, -0.2) is 11.5 Å². The molecule has 13 heavy (non-hydrogen) atoms. The van der Waals surface area contributed by atoms with Crippen LogP contribution >= 0.6 is 0 Å². The van der Waals surface area contributed by atoms with Gasteiger partial charge >= 0.3 is 0 Å². The number of aromatic nitrogens is 1. The third-order valence-electron chi connectivity index (χ3n) is 2.38. The lowest BCUT2D eigenvalue weighted by Crippen LogP contribution is -2.11. The standard InChI is InChI=1S/C11H18N2/c1-4-9(2)7-13-11-8-12-6-5-10(11)3/h5-6,8-9,13H,4,7H2,1-3H3/t9-/m0/s1. The maximum Gasteiger partial charge on any atom is 0.0556 e. The number of aryl methyl sites for hydroxylation is 1. The Balaban J connectivity index is 2.50. The molecule has 72 valence electrons. The van der Waals surface area contributed by atoms with Crippen molar-refractivity contribution in [2.45, 2.75) is 27.2 Å². The normalized spacial score (nSPS) is 12.5. The predicted molar refractivity (Wildman–Crippen MR) is 56.9 cm³/mol. The van der Waals surface area contributed by atoms with Gasteiger partial charge in [0.25, 0.3) is 0 Å². The molecule has 2 heteroatoms. The highest BCUT2D eigenvalue weighted by molar-refractivity contribution is 5.47.